The number of rotatable bonds is 4. The third-order valence-corrected chi connectivity index (χ3v) is 3.47. The van der Waals surface area contributed by atoms with Crippen LogP contribution in [0.4, 0.5) is 4.39 Å². The molecule has 0 aromatic heterocycles. The zero-order chi connectivity index (χ0) is 12.1. The van der Waals surface area contributed by atoms with Crippen LogP contribution in [0.5, 0.6) is 5.75 Å². The molecule has 0 atom stereocenters. The number of methoxy groups -OCH3 is 1. The first-order valence-corrected chi connectivity index (χ1v) is 6.26. The van der Waals surface area contributed by atoms with Crippen LogP contribution in [0.3, 0.4) is 0 Å². The molecule has 0 unspecified atom stereocenters. The maximum atomic E-state index is 12.8. The van der Waals surface area contributed by atoms with E-state index in [4.69, 9.17) is 4.74 Å². The summed E-state index contributed by atoms with van der Waals surface area (Å²) in [7, 11) is 1.58. The molecule has 0 bridgehead atoms. The molecule has 1 fully saturated rings. The van der Waals surface area contributed by atoms with E-state index >= 15 is 0 Å². The van der Waals surface area contributed by atoms with Gasteiger partial charge in [-0.05, 0) is 56.0 Å². The van der Waals surface area contributed by atoms with Crippen molar-refractivity contribution < 1.29 is 9.13 Å². The van der Waals surface area contributed by atoms with Crippen molar-refractivity contribution in [2.45, 2.75) is 25.9 Å². The first-order chi connectivity index (χ1) is 8.33. The number of halogens is 1. The van der Waals surface area contributed by atoms with Crippen LogP contribution in [-0.4, -0.2) is 20.2 Å². The summed E-state index contributed by atoms with van der Waals surface area (Å²) in [4.78, 5) is 0. The fourth-order valence-electron chi connectivity index (χ4n) is 2.48. The summed E-state index contributed by atoms with van der Waals surface area (Å²) in [5.41, 5.74) is 1.89. The van der Waals surface area contributed by atoms with Crippen LogP contribution < -0.4 is 10.1 Å². The zero-order valence-corrected chi connectivity index (χ0v) is 10.3. The number of hydrogen-bond acceptors (Lipinski definition) is 2. The van der Waals surface area contributed by atoms with Gasteiger partial charge in [-0.1, -0.05) is 6.07 Å². The van der Waals surface area contributed by atoms with Gasteiger partial charge >= 0.3 is 0 Å². The number of piperidine rings is 1. The lowest BCUT2D eigenvalue weighted by Crippen LogP contribution is -2.28. The summed E-state index contributed by atoms with van der Waals surface area (Å²) in [5.74, 6) is 1.39. The molecule has 0 radical (unpaired) electrons. The van der Waals surface area contributed by atoms with Crippen molar-refractivity contribution in [2.75, 3.05) is 20.2 Å². The van der Waals surface area contributed by atoms with Gasteiger partial charge in [0.15, 0.2) is 0 Å². The average Bonchev–Trinajstić information content (AvgIpc) is 2.40. The lowest BCUT2D eigenvalue weighted by atomic mass is 9.90. The van der Waals surface area contributed by atoms with Crippen molar-refractivity contribution in [2.24, 2.45) is 5.92 Å². The number of ether oxygens (including phenoxy) is 1. The van der Waals surface area contributed by atoms with Gasteiger partial charge in [-0.3, -0.25) is 0 Å². The second-order valence-corrected chi connectivity index (χ2v) is 4.68. The van der Waals surface area contributed by atoms with Crippen LogP contribution in [0, 0.1) is 5.92 Å². The van der Waals surface area contributed by atoms with Crippen molar-refractivity contribution in [1.82, 2.24) is 5.32 Å². The van der Waals surface area contributed by atoms with Gasteiger partial charge in [0.1, 0.15) is 12.4 Å². The number of hydrogen-bond donors (Lipinski definition) is 1. The fourth-order valence-corrected chi connectivity index (χ4v) is 2.48. The second-order valence-electron chi connectivity index (χ2n) is 4.68. The Morgan fingerprint density at radius 2 is 2.12 bits per heavy atom. The van der Waals surface area contributed by atoms with E-state index in [2.05, 4.69) is 11.4 Å². The summed E-state index contributed by atoms with van der Waals surface area (Å²) in [6, 6.07) is 5.88. The SMILES string of the molecule is COc1ccc(CC2CCNCC2)cc1CF. The average molecular weight is 237 g/mol. The van der Waals surface area contributed by atoms with E-state index in [1.165, 1.54) is 18.4 Å². The number of benzene rings is 1. The molecule has 0 amide bonds. The molecular weight excluding hydrogens is 217 g/mol. The van der Waals surface area contributed by atoms with Gasteiger partial charge in [0.2, 0.25) is 0 Å². The highest BCUT2D eigenvalue weighted by Gasteiger charge is 2.14. The Balaban J connectivity index is 2.05. The van der Waals surface area contributed by atoms with Gasteiger partial charge in [0.05, 0.1) is 7.11 Å². The van der Waals surface area contributed by atoms with Crippen LogP contribution in [-0.2, 0) is 13.1 Å². The van der Waals surface area contributed by atoms with Crippen LogP contribution in [0.15, 0.2) is 18.2 Å². The smallest absolute Gasteiger partial charge is 0.124 e. The van der Waals surface area contributed by atoms with Crippen LogP contribution in [0.1, 0.15) is 24.0 Å². The molecule has 1 N–H and O–H groups in total. The molecule has 1 aliphatic heterocycles. The highest BCUT2D eigenvalue weighted by Crippen LogP contribution is 2.24. The maximum absolute atomic E-state index is 12.8. The first-order valence-electron chi connectivity index (χ1n) is 6.26. The lowest BCUT2D eigenvalue weighted by molar-refractivity contribution is 0.371. The molecule has 2 nitrogen and oxygen atoms in total. The molecule has 1 heterocycles. The Morgan fingerprint density at radius 1 is 1.35 bits per heavy atom. The van der Waals surface area contributed by atoms with Gasteiger partial charge in [-0.2, -0.15) is 0 Å². The van der Waals surface area contributed by atoms with E-state index in [9.17, 15) is 4.39 Å². The number of alkyl halides is 1. The molecule has 17 heavy (non-hydrogen) atoms. The molecule has 1 aromatic carbocycles. The zero-order valence-electron chi connectivity index (χ0n) is 10.3. The summed E-state index contributed by atoms with van der Waals surface area (Å²) in [6.45, 7) is 1.76. The van der Waals surface area contributed by atoms with Gasteiger partial charge in [0.25, 0.3) is 0 Å². The van der Waals surface area contributed by atoms with Crippen LogP contribution in [0.2, 0.25) is 0 Å². The van der Waals surface area contributed by atoms with Crippen molar-refractivity contribution in [1.29, 1.82) is 0 Å². The normalized spacial score (nSPS) is 17.1. The standard InChI is InChI=1S/C14H20FNO/c1-17-14-3-2-12(9-13(14)10-15)8-11-4-6-16-7-5-11/h2-3,9,11,16H,4-8,10H2,1H3. The molecule has 94 valence electrons. The number of nitrogens with one attached hydrogen (secondary N) is 1. The van der Waals surface area contributed by atoms with E-state index < -0.39 is 6.67 Å². The van der Waals surface area contributed by atoms with Crippen molar-refractivity contribution in [3.63, 3.8) is 0 Å². The summed E-state index contributed by atoms with van der Waals surface area (Å²) < 4.78 is 18.0. The Morgan fingerprint density at radius 3 is 2.76 bits per heavy atom. The van der Waals surface area contributed by atoms with E-state index in [1.54, 1.807) is 7.11 Å². The van der Waals surface area contributed by atoms with Gasteiger partial charge in [0, 0.05) is 5.56 Å². The molecule has 1 aromatic rings. The van der Waals surface area contributed by atoms with Crippen LogP contribution >= 0.6 is 0 Å². The van der Waals surface area contributed by atoms with Crippen molar-refractivity contribution in [3.8, 4) is 5.75 Å². The lowest BCUT2D eigenvalue weighted by Gasteiger charge is -2.22. The Labute approximate surface area is 102 Å². The van der Waals surface area contributed by atoms with Crippen molar-refractivity contribution in [3.05, 3.63) is 29.3 Å². The fraction of sp³-hybridized carbons (Fsp3) is 0.571. The third-order valence-electron chi connectivity index (χ3n) is 3.47. The molecule has 0 aliphatic carbocycles. The third kappa shape index (κ3) is 3.19. The molecular formula is C14H20FNO. The van der Waals surface area contributed by atoms with Gasteiger partial charge in [-0.15, -0.1) is 0 Å². The first kappa shape index (κ1) is 12.4. The molecule has 2 rings (SSSR count). The minimum Gasteiger partial charge on any atom is -0.496 e. The molecule has 0 saturated carbocycles. The molecule has 1 saturated heterocycles. The predicted molar refractivity (Wildman–Crippen MR) is 67.1 cm³/mol. The van der Waals surface area contributed by atoms with Gasteiger partial charge in [-0.25, -0.2) is 4.39 Å². The Hall–Kier alpha value is -1.09. The monoisotopic (exact) mass is 237 g/mol. The molecule has 3 heteroatoms. The Bertz CT molecular complexity index is 361. The minimum absolute atomic E-state index is 0.455. The minimum atomic E-state index is -0.455. The van der Waals surface area contributed by atoms with Gasteiger partial charge < -0.3 is 10.1 Å². The molecule has 1 aliphatic rings. The summed E-state index contributed by atoms with van der Waals surface area (Å²) >= 11 is 0. The van der Waals surface area contributed by atoms with E-state index in [-0.39, 0.29) is 0 Å². The van der Waals surface area contributed by atoms with Crippen molar-refractivity contribution >= 4 is 0 Å². The van der Waals surface area contributed by atoms with E-state index in [0.29, 0.717) is 11.3 Å². The van der Waals surface area contributed by atoms with E-state index in [0.717, 1.165) is 25.4 Å². The highest BCUT2D eigenvalue weighted by molar-refractivity contribution is 5.37. The largest absolute Gasteiger partial charge is 0.496 e. The van der Waals surface area contributed by atoms with Crippen LogP contribution in [0.25, 0.3) is 0 Å². The summed E-state index contributed by atoms with van der Waals surface area (Å²) in [6.07, 6.45) is 3.49. The van der Waals surface area contributed by atoms with E-state index in [1.807, 2.05) is 12.1 Å². The summed E-state index contributed by atoms with van der Waals surface area (Å²) in [5, 5.41) is 3.36. The Kier molecular flexibility index (Phi) is 4.37. The maximum Gasteiger partial charge on any atom is 0.124 e. The second kappa shape index (κ2) is 6.01. The predicted octanol–water partition coefficient (Wildman–Crippen LogP) is 2.71. The molecule has 0 spiro atoms. The topological polar surface area (TPSA) is 21.3 Å². The quantitative estimate of drug-likeness (QED) is 0.869. The highest BCUT2D eigenvalue weighted by atomic mass is 19.1.